The van der Waals surface area contributed by atoms with Gasteiger partial charge in [-0.25, -0.2) is 4.39 Å². The van der Waals surface area contributed by atoms with Crippen molar-refractivity contribution < 1.29 is 4.39 Å². The second-order valence-electron chi connectivity index (χ2n) is 10.9. The molecule has 172 valence electrons. The topological polar surface area (TPSA) is 3.24 Å². The molecule has 0 saturated heterocycles. The van der Waals surface area contributed by atoms with Crippen LogP contribution < -0.4 is 4.90 Å². The Labute approximate surface area is 202 Å². The summed E-state index contributed by atoms with van der Waals surface area (Å²) in [7, 11) is 0. The third-order valence-corrected chi connectivity index (χ3v) is 7.11. The van der Waals surface area contributed by atoms with E-state index in [0.717, 1.165) is 22.4 Å². The number of aryl methyl sites for hydroxylation is 1. The molecule has 0 atom stereocenters. The molecule has 1 nitrogen and oxygen atoms in total. The summed E-state index contributed by atoms with van der Waals surface area (Å²) in [5, 5.41) is 0. The molecule has 0 unspecified atom stereocenters. The van der Waals surface area contributed by atoms with Crippen molar-refractivity contribution in [2.24, 2.45) is 0 Å². The Balaban J connectivity index is 1.68. The molecule has 2 heteroatoms. The van der Waals surface area contributed by atoms with Crippen molar-refractivity contribution >= 4 is 11.4 Å². The minimum absolute atomic E-state index is 0.180. The number of rotatable bonds is 3. The van der Waals surface area contributed by atoms with Crippen molar-refractivity contribution in [2.45, 2.75) is 52.5 Å². The zero-order chi connectivity index (χ0) is 24.3. The second-order valence-corrected chi connectivity index (χ2v) is 10.9. The number of nitrogens with zero attached hydrogens (tertiary/aromatic N) is 1. The highest BCUT2D eigenvalue weighted by Gasteiger charge is 2.37. The van der Waals surface area contributed by atoms with Crippen LogP contribution in [-0.2, 0) is 5.41 Å². The van der Waals surface area contributed by atoms with E-state index in [1.807, 2.05) is 6.07 Å². The van der Waals surface area contributed by atoms with Crippen LogP contribution in [0.15, 0.2) is 84.9 Å². The molecule has 0 N–H and O–H groups in total. The summed E-state index contributed by atoms with van der Waals surface area (Å²) in [6.07, 6.45) is 0. The molecule has 0 amide bonds. The van der Waals surface area contributed by atoms with Crippen LogP contribution in [0.4, 0.5) is 15.8 Å². The summed E-state index contributed by atoms with van der Waals surface area (Å²) in [6.45, 7) is 12.9. The summed E-state index contributed by atoms with van der Waals surface area (Å²) in [5.74, 6) is -0.180. The minimum atomic E-state index is -0.318. The van der Waals surface area contributed by atoms with Crippen molar-refractivity contribution in [1.82, 2.24) is 0 Å². The van der Waals surface area contributed by atoms with Gasteiger partial charge in [0, 0.05) is 16.6 Å². The second kappa shape index (κ2) is 7.84. The Bertz CT molecular complexity index is 1380. The molecule has 0 bridgehead atoms. The highest BCUT2D eigenvalue weighted by atomic mass is 19.1. The number of anilines is 2. The van der Waals surface area contributed by atoms with E-state index in [9.17, 15) is 0 Å². The van der Waals surface area contributed by atoms with Crippen molar-refractivity contribution in [3.05, 3.63) is 107 Å². The van der Waals surface area contributed by atoms with Gasteiger partial charge in [-0.05, 0) is 90.9 Å². The van der Waals surface area contributed by atoms with E-state index >= 15 is 4.39 Å². The number of hydrogen-bond acceptors (Lipinski definition) is 1. The Kier molecular flexibility index (Phi) is 5.16. The quantitative estimate of drug-likeness (QED) is 0.301. The van der Waals surface area contributed by atoms with Gasteiger partial charge < -0.3 is 4.90 Å². The first-order valence-electron chi connectivity index (χ1n) is 12.0. The molecule has 34 heavy (non-hydrogen) atoms. The standard InChI is InChI=1S/C32H32FN/c1-21-18-23(22-12-8-7-9-13-22)16-17-29(21)34(31(2,3)4)30-19-25-24-14-10-11-15-26(24)32(5,6)27(25)20-28(30)33/h7-20H,1-6H3. The SMILES string of the molecule is Cc1cc(-c2ccccc2)ccc1N(c1cc2c(cc1F)C(C)(C)c1ccccc1-2)C(C)(C)C. The lowest BCUT2D eigenvalue weighted by molar-refractivity contribution is 0.538. The van der Waals surface area contributed by atoms with Crippen LogP contribution in [0.5, 0.6) is 0 Å². The predicted octanol–water partition coefficient (Wildman–Crippen LogP) is 9.04. The van der Waals surface area contributed by atoms with Crippen LogP contribution in [0.3, 0.4) is 0 Å². The lowest BCUT2D eigenvalue weighted by Gasteiger charge is -2.39. The molecular weight excluding hydrogens is 417 g/mol. The van der Waals surface area contributed by atoms with E-state index in [2.05, 4.69) is 119 Å². The molecule has 5 rings (SSSR count). The minimum Gasteiger partial charge on any atom is -0.333 e. The van der Waals surface area contributed by atoms with Crippen molar-refractivity contribution in [2.75, 3.05) is 4.90 Å². The van der Waals surface area contributed by atoms with Crippen molar-refractivity contribution in [1.29, 1.82) is 0 Å². The lowest BCUT2D eigenvalue weighted by Crippen LogP contribution is -2.38. The number of benzene rings is 4. The Morgan fingerprint density at radius 3 is 2.03 bits per heavy atom. The lowest BCUT2D eigenvalue weighted by atomic mass is 9.82. The van der Waals surface area contributed by atoms with Gasteiger partial charge in [-0.2, -0.15) is 0 Å². The molecule has 0 fully saturated rings. The van der Waals surface area contributed by atoms with Gasteiger partial charge in [0.25, 0.3) is 0 Å². The molecule has 1 aliphatic rings. The predicted molar refractivity (Wildman–Crippen MR) is 142 cm³/mol. The van der Waals surface area contributed by atoms with Crippen molar-refractivity contribution in [3.8, 4) is 22.3 Å². The van der Waals surface area contributed by atoms with Gasteiger partial charge in [-0.15, -0.1) is 0 Å². The maximum absolute atomic E-state index is 15.9. The molecule has 4 aromatic rings. The summed E-state index contributed by atoms with van der Waals surface area (Å²) in [4.78, 5) is 2.15. The first-order chi connectivity index (χ1) is 16.1. The molecule has 0 saturated carbocycles. The maximum Gasteiger partial charge on any atom is 0.147 e. The average Bonchev–Trinajstić information content (AvgIpc) is 3.01. The molecule has 0 heterocycles. The molecule has 4 aromatic carbocycles. The van der Waals surface area contributed by atoms with Gasteiger partial charge in [-0.1, -0.05) is 74.5 Å². The summed E-state index contributed by atoms with van der Waals surface area (Å²) < 4.78 is 15.9. The first-order valence-corrected chi connectivity index (χ1v) is 12.0. The summed E-state index contributed by atoms with van der Waals surface area (Å²) in [5.41, 5.74) is 9.23. The highest BCUT2D eigenvalue weighted by Crippen LogP contribution is 2.51. The largest absolute Gasteiger partial charge is 0.333 e. The van der Waals surface area contributed by atoms with Crippen LogP contribution in [0.2, 0.25) is 0 Å². The van der Waals surface area contributed by atoms with Crippen LogP contribution in [0, 0.1) is 12.7 Å². The van der Waals surface area contributed by atoms with E-state index < -0.39 is 0 Å². The Hall–Kier alpha value is -3.39. The van der Waals surface area contributed by atoms with Gasteiger partial charge in [0.05, 0.1) is 5.69 Å². The molecular formula is C32H32FN. The fourth-order valence-electron chi connectivity index (χ4n) is 5.45. The molecule has 0 spiro atoms. The zero-order valence-electron chi connectivity index (χ0n) is 20.9. The fourth-order valence-corrected chi connectivity index (χ4v) is 5.45. The maximum atomic E-state index is 15.9. The van der Waals surface area contributed by atoms with Crippen LogP contribution >= 0.6 is 0 Å². The Morgan fingerprint density at radius 1 is 0.676 bits per heavy atom. The van der Waals surface area contributed by atoms with E-state index in [-0.39, 0.29) is 16.8 Å². The number of halogens is 1. The third-order valence-electron chi connectivity index (χ3n) is 7.11. The summed E-state index contributed by atoms with van der Waals surface area (Å²) >= 11 is 0. The van der Waals surface area contributed by atoms with Crippen LogP contribution in [-0.4, -0.2) is 5.54 Å². The van der Waals surface area contributed by atoms with Crippen LogP contribution in [0.25, 0.3) is 22.3 Å². The molecule has 1 aliphatic carbocycles. The van der Waals surface area contributed by atoms with E-state index in [1.54, 1.807) is 6.07 Å². The third kappa shape index (κ3) is 3.53. The highest BCUT2D eigenvalue weighted by molar-refractivity contribution is 5.85. The Morgan fingerprint density at radius 2 is 1.35 bits per heavy atom. The van der Waals surface area contributed by atoms with Gasteiger partial charge in [0.1, 0.15) is 5.82 Å². The van der Waals surface area contributed by atoms with Gasteiger partial charge in [0.15, 0.2) is 0 Å². The van der Waals surface area contributed by atoms with Gasteiger partial charge in [0.2, 0.25) is 0 Å². The molecule has 0 radical (unpaired) electrons. The van der Waals surface area contributed by atoms with Gasteiger partial charge in [-0.3, -0.25) is 0 Å². The number of hydrogen-bond donors (Lipinski definition) is 0. The zero-order valence-corrected chi connectivity index (χ0v) is 20.9. The molecule has 0 aromatic heterocycles. The van der Waals surface area contributed by atoms with Gasteiger partial charge >= 0.3 is 0 Å². The van der Waals surface area contributed by atoms with E-state index in [1.165, 1.54) is 22.3 Å². The fraction of sp³-hybridized carbons (Fsp3) is 0.250. The molecule has 0 aliphatic heterocycles. The average molecular weight is 450 g/mol. The normalized spacial score (nSPS) is 14.0. The van der Waals surface area contributed by atoms with Crippen molar-refractivity contribution in [3.63, 3.8) is 0 Å². The van der Waals surface area contributed by atoms with E-state index in [0.29, 0.717) is 5.69 Å². The first kappa shape index (κ1) is 22.4. The summed E-state index contributed by atoms with van der Waals surface area (Å²) in [6, 6.07) is 29.1. The number of fused-ring (bicyclic) bond motifs is 3. The van der Waals surface area contributed by atoms with E-state index in [4.69, 9.17) is 0 Å². The van der Waals surface area contributed by atoms with Crippen LogP contribution in [0.1, 0.15) is 51.3 Å². The monoisotopic (exact) mass is 449 g/mol. The smallest absolute Gasteiger partial charge is 0.147 e.